The lowest BCUT2D eigenvalue weighted by atomic mass is 9.99. The molecule has 3 heterocycles. The van der Waals surface area contributed by atoms with E-state index < -0.39 is 0 Å². The minimum Gasteiger partial charge on any atom is -0.506 e. The number of aromatic nitrogens is 1. The summed E-state index contributed by atoms with van der Waals surface area (Å²) in [5, 5.41) is 11.3. The van der Waals surface area contributed by atoms with Crippen molar-refractivity contribution in [1.82, 2.24) is 9.88 Å². The standard InChI is InChI=1S/C30H29N3OS/c34-27-19-24(23-9-6-15-31-21-23)20-29-30(27)33(26-10-4-5-11-28(26)35-29)25-13-17-32(18-14-25)16-12-22-7-2-1-3-8-22/h1-11,15,19-21,25,34H,12-14,16-18H2. The number of nitrogens with zero attached hydrogens (tertiary/aromatic N) is 3. The second-order valence-electron chi connectivity index (χ2n) is 9.33. The molecule has 0 unspecified atom stereocenters. The zero-order valence-electron chi connectivity index (χ0n) is 19.7. The molecule has 0 radical (unpaired) electrons. The van der Waals surface area contributed by atoms with Crippen LogP contribution in [0.5, 0.6) is 5.75 Å². The highest BCUT2D eigenvalue weighted by Gasteiger charge is 2.33. The summed E-state index contributed by atoms with van der Waals surface area (Å²) < 4.78 is 0. The van der Waals surface area contributed by atoms with Crippen LogP contribution in [0.1, 0.15) is 18.4 Å². The van der Waals surface area contributed by atoms with Gasteiger partial charge in [-0.1, -0.05) is 60.3 Å². The van der Waals surface area contributed by atoms with Gasteiger partial charge in [-0.15, -0.1) is 0 Å². The SMILES string of the molecule is Oc1cc(-c2cccnc2)cc2c1N(C1CCN(CCc3ccccc3)CC1)c1ccccc1S2. The molecule has 0 aliphatic carbocycles. The van der Waals surface area contributed by atoms with Gasteiger partial charge in [-0.25, -0.2) is 0 Å². The van der Waals surface area contributed by atoms with Crippen molar-refractivity contribution in [3.8, 4) is 16.9 Å². The minimum atomic E-state index is 0.342. The Bertz CT molecular complexity index is 1300. The number of hydrogen-bond acceptors (Lipinski definition) is 5. The maximum absolute atomic E-state index is 11.3. The fraction of sp³-hybridized carbons (Fsp3) is 0.233. The number of para-hydroxylation sites is 1. The van der Waals surface area contributed by atoms with Gasteiger partial charge in [0, 0.05) is 53.4 Å². The van der Waals surface area contributed by atoms with Crippen LogP contribution in [-0.2, 0) is 6.42 Å². The van der Waals surface area contributed by atoms with Crippen molar-refractivity contribution in [3.05, 3.63) is 96.8 Å². The van der Waals surface area contributed by atoms with E-state index in [0.29, 0.717) is 11.8 Å². The fourth-order valence-corrected chi connectivity index (χ4v) is 6.45. The molecule has 3 aromatic carbocycles. The smallest absolute Gasteiger partial charge is 0.141 e. The number of hydrogen-bond donors (Lipinski definition) is 1. The van der Waals surface area contributed by atoms with E-state index in [1.807, 2.05) is 24.4 Å². The average molecular weight is 480 g/mol. The summed E-state index contributed by atoms with van der Waals surface area (Å²) in [7, 11) is 0. The van der Waals surface area contributed by atoms with Crippen molar-refractivity contribution in [2.24, 2.45) is 0 Å². The molecule has 0 saturated carbocycles. The van der Waals surface area contributed by atoms with Crippen LogP contribution in [0.15, 0.2) is 101 Å². The summed E-state index contributed by atoms with van der Waals surface area (Å²) in [6.07, 6.45) is 6.88. The van der Waals surface area contributed by atoms with E-state index in [0.717, 1.165) is 60.6 Å². The van der Waals surface area contributed by atoms with Crippen molar-refractivity contribution in [2.45, 2.75) is 35.1 Å². The Morgan fingerprint density at radius 3 is 2.46 bits per heavy atom. The van der Waals surface area contributed by atoms with Gasteiger partial charge in [0.05, 0.1) is 11.4 Å². The van der Waals surface area contributed by atoms with Gasteiger partial charge in [-0.05, 0) is 60.7 Å². The number of anilines is 2. The number of pyridine rings is 1. The van der Waals surface area contributed by atoms with Gasteiger partial charge < -0.3 is 14.9 Å². The third kappa shape index (κ3) is 4.54. The molecule has 0 bridgehead atoms. The average Bonchev–Trinajstić information content (AvgIpc) is 2.92. The van der Waals surface area contributed by atoms with E-state index in [9.17, 15) is 5.11 Å². The zero-order valence-corrected chi connectivity index (χ0v) is 20.5. The first kappa shape index (κ1) is 22.2. The third-order valence-electron chi connectivity index (χ3n) is 7.12. The number of phenols is 1. The van der Waals surface area contributed by atoms with Crippen LogP contribution in [0.4, 0.5) is 11.4 Å². The first-order chi connectivity index (χ1) is 17.3. The van der Waals surface area contributed by atoms with E-state index >= 15 is 0 Å². The molecule has 6 rings (SSSR count). The molecule has 0 amide bonds. The quantitative estimate of drug-likeness (QED) is 0.342. The molecular formula is C30H29N3OS. The summed E-state index contributed by atoms with van der Waals surface area (Å²) in [6, 6.07) is 27.8. The van der Waals surface area contributed by atoms with Crippen LogP contribution in [0.25, 0.3) is 11.1 Å². The highest BCUT2D eigenvalue weighted by atomic mass is 32.2. The lowest BCUT2D eigenvalue weighted by Gasteiger charge is -2.43. The predicted octanol–water partition coefficient (Wildman–Crippen LogP) is 6.76. The molecule has 4 aromatic rings. The largest absolute Gasteiger partial charge is 0.506 e. The summed E-state index contributed by atoms with van der Waals surface area (Å²) in [4.78, 5) is 11.6. The minimum absolute atomic E-state index is 0.342. The number of phenolic OH excluding ortho intramolecular Hbond substituents is 1. The van der Waals surface area contributed by atoms with Crippen LogP contribution in [0, 0.1) is 0 Å². The molecule has 1 fully saturated rings. The number of benzene rings is 3. The number of aromatic hydroxyl groups is 1. The Hall–Kier alpha value is -3.28. The Morgan fingerprint density at radius 2 is 1.66 bits per heavy atom. The Kier molecular flexibility index (Phi) is 6.19. The van der Waals surface area contributed by atoms with Crippen molar-refractivity contribution < 1.29 is 5.11 Å². The van der Waals surface area contributed by atoms with Crippen LogP contribution in [0.3, 0.4) is 0 Å². The highest BCUT2D eigenvalue weighted by molar-refractivity contribution is 7.99. The van der Waals surface area contributed by atoms with Crippen molar-refractivity contribution in [1.29, 1.82) is 0 Å². The van der Waals surface area contributed by atoms with E-state index in [2.05, 4.69) is 75.4 Å². The van der Waals surface area contributed by atoms with Gasteiger partial charge in [-0.2, -0.15) is 0 Å². The van der Waals surface area contributed by atoms with Crippen molar-refractivity contribution in [2.75, 3.05) is 24.5 Å². The van der Waals surface area contributed by atoms with E-state index in [4.69, 9.17) is 0 Å². The highest BCUT2D eigenvalue weighted by Crippen LogP contribution is 2.54. The first-order valence-electron chi connectivity index (χ1n) is 12.4. The molecule has 1 aromatic heterocycles. The second kappa shape index (κ2) is 9.76. The Morgan fingerprint density at radius 1 is 0.857 bits per heavy atom. The number of rotatable bonds is 5. The van der Waals surface area contributed by atoms with Gasteiger partial charge >= 0.3 is 0 Å². The molecule has 0 atom stereocenters. The molecule has 4 nitrogen and oxygen atoms in total. The molecule has 1 N–H and O–H groups in total. The van der Waals surface area contributed by atoms with Crippen LogP contribution in [0.2, 0.25) is 0 Å². The second-order valence-corrected chi connectivity index (χ2v) is 10.4. The first-order valence-corrected chi connectivity index (χ1v) is 13.2. The summed E-state index contributed by atoms with van der Waals surface area (Å²) in [5.41, 5.74) is 5.57. The molecule has 2 aliphatic heterocycles. The predicted molar refractivity (Wildman–Crippen MR) is 144 cm³/mol. The zero-order chi connectivity index (χ0) is 23.6. The molecule has 1 saturated heterocycles. The summed E-state index contributed by atoms with van der Waals surface area (Å²) in [5.74, 6) is 0.342. The lowest BCUT2D eigenvalue weighted by molar-refractivity contribution is 0.214. The molecule has 2 aliphatic rings. The van der Waals surface area contributed by atoms with E-state index in [1.54, 1.807) is 18.0 Å². The summed E-state index contributed by atoms with van der Waals surface area (Å²) in [6.45, 7) is 3.25. The van der Waals surface area contributed by atoms with Gasteiger partial charge in [0.25, 0.3) is 0 Å². The topological polar surface area (TPSA) is 39.6 Å². The van der Waals surface area contributed by atoms with Crippen molar-refractivity contribution in [3.63, 3.8) is 0 Å². The monoisotopic (exact) mass is 479 g/mol. The van der Waals surface area contributed by atoms with Gasteiger partial charge in [-0.3, -0.25) is 4.98 Å². The summed E-state index contributed by atoms with van der Waals surface area (Å²) >= 11 is 1.75. The van der Waals surface area contributed by atoms with E-state index in [-0.39, 0.29) is 0 Å². The molecule has 0 spiro atoms. The normalized spacial score (nSPS) is 16.1. The molecule has 5 heteroatoms. The number of likely N-dealkylation sites (tertiary alicyclic amines) is 1. The maximum Gasteiger partial charge on any atom is 0.141 e. The van der Waals surface area contributed by atoms with E-state index in [1.165, 1.54) is 16.1 Å². The van der Waals surface area contributed by atoms with Crippen LogP contribution >= 0.6 is 11.8 Å². The maximum atomic E-state index is 11.3. The molecular weight excluding hydrogens is 450 g/mol. The Balaban J connectivity index is 1.26. The number of piperidine rings is 1. The van der Waals surface area contributed by atoms with Gasteiger partial charge in [0.1, 0.15) is 5.75 Å². The fourth-order valence-electron chi connectivity index (χ4n) is 5.31. The molecule has 176 valence electrons. The van der Waals surface area contributed by atoms with Crippen molar-refractivity contribution >= 4 is 23.1 Å². The Labute approximate surface area is 211 Å². The third-order valence-corrected chi connectivity index (χ3v) is 8.21. The van der Waals surface area contributed by atoms with Gasteiger partial charge in [0.15, 0.2) is 0 Å². The van der Waals surface area contributed by atoms with Gasteiger partial charge in [0.2, 0.25) is 0 Å². The molecule has 35 heavy (non-hydrogen) atoms. The number of fused-ring (bicyclic) bond motifs is 2. The van der Waals surface area contributed by atoms with Crippen LogP contribution in [-0.4, -0.2) is 40.7 Å². The lowest BCUT2D eigenvalue weighted by Crippen LogP contribution is -2.44. The van der Waals surface area contributed by atoms with Crippen LogP contribution < -0.4 is 4.90 Å².